The van der Waals surface area contributed by atoms with Crippen LogP contribution in [0.15, 0.2) is 18.2 Å². The molecule has 2 rings (SSSR count). The quantitative estimate of drug-likeness (QED) is 0.723. The van der Waals surface area contributed by atoms with Crippen LogP contribution in [0.4, 0.5) is 16.2 Å². The maximum Gasteiger partial charge on any atom is 0.328 e. The van der Waals surface area contributed by atoms with Crippen LogP contribution in [0.2, 0.25) is 5.02 Å². The van der Waals surface area contributed by atoms with E-state index in [1.54, 1.807) is 6.07 Å². The number of ether oxygens (including phenoxy) is 1. The third-order valence-electron chi connectivity index (χ3n) is 5.00. The Balaban J connectivity index is 2.01. The van der Waals surface area contributed by atoms with E-state index in [0.717, 1.165) is 38.3 Å². The largest absolute Gasteiger partial charge is 0.467 e. The zero-order chi connectivity index (χ0) is 20.0. The van der Waals surface area contributed by atoms with Crippen LogP contribution in [0.25, 0.3) is 0 Å². The number of benzene rings is 1. The number of nitrogens with one attached hydrogen (secondary N) is 2. The Morgan fingerprint density at radius 2 is 1.93 bits per heavy atom. The molecule has 0 radical (unpaired) electrons. The molecule has 2 unspecified atom stereocenters. The van der Waals surface area contributed by atoms with E-state index < -0.39 is 18.0 Å². The monoisotopic (exact) mass is 396 g/mol. The molecule has 1 fully saturated rings. The Hall–Kier alpha value is -1.99. The van der Waals surface area contributed by atoms with Gasteiger partial charge in [-0.1, -0.05) is 31.9 Å². The molecule has 0 aromatic heterocycles. The maximum atomic E-state index is 12.3. The van der Waals surface area contributed by atoms with Crippen LogP contribution in [0.3, 0.4) is 0 Å². The fourth-order valence-corrected chi connectivity index (χ4v) is 3.29. The highest BCUT2D eigenvalue weighted by molar-refractivity contribution is 6.33. The van der Waals surface area contributed by atoms with E-state index in [1.165, 1.54) is 7.11 Å². The van der Waals surface area contributed by atoms with Crippen LogP contribution in [0.1, 0.15) is 20.3 Å². The zero-order valence-electron chi connectivity index (χ0n) is 16.4. The fourth-order valence-electron chi connectivity index (χ4n) is 2.99. The van der Waals surface area contributed by atoms with Gasteiger partial charge in [0.1, 0.15) is 6.04 Å². The first-order valence-electron chi connectivity index (χ1n) is 9.24. The highest BCUT2D eigenvalue weighted by Crippen LogP contribution is 2.29. The first-order chi connectivity index (χ1) is 12.8. The number of nitrogens with zero attached hydrogens (tertiary/aromatic N) is 2. The van der Waals surface area contributed by atoms with Crippen LogP contribution in [-0.2, 0) is 9.53 Å². The molecule has 0 aliphatic carbocycles. The minimum atomic E-state index is -0.694. The van der Waals surface area contributed by atoms with Crippen molar-refractivity contribution in [2.45, 2.75) is 26.3 Å². The first kappa shape index (κ1) is 21.3. The summed E-state index contributed by atoms with van der Waals surface area (Å²) in [5, 5.41) is 6.01. The molecule has 0 spiro atoms. The molecule has 1 saturated heterocycles. The molecule has 27 heavy (non-hydrogen) atoms. The molecule has 0 bridgehead atoms. The van der Waals surface area contributed by atoms with E-state index in [0.29, 0.717) is 10.7 Å². The van der Waals surface area contributed by atoms with Crippen molar-refractivity contribution >= 4 is 35.0 Å². The average Bonchev–Trinajstić information content (AvgIpc) is 2.66. The van der Waals surface area contributed by atoms with Gasteiger partial charge in [-0.25, -0.2) is 9.59 Å². The predicted molar refractivity (Wildman–Crippen MR) is 109 cm³/mol. The van der Waals surface area contributed by atoms with E-state index in [2.05, 4.69) is 27.5 Å². The SMILES string of the molecule is CCC(C)C(NC(=O)Nc1ccc(N2CCN(C)CC2)c(Cl)c1)C(=O)OC. The van der Waals surface area contributed by atoms with E-state index in [1.807, 2.05) is 26.0 Å². The second kappa shape index (κ2) is 9.80. The zero-order valence-corrected chi connectivity index (χ0v) is 17.2. The number of anilines is 2. The topological polar surface area (TPSA) is 73.9 Å². The Morgan fingerprint density at radius 3 is 2.48 bits per heavy atom. The van der Waals surface area contributed by atoms with Crippen molar-refractivity contribution in [3.05, 3.63) is 23.2 Å². The van der Waals surface area contributed by atoms with Crippen LogP contribution in [-0.4, -0.2) is 63.3 Å². The second-order valence-electron chi connectivity index (χ2n) is 6.94. The molecule has 2 atom stereocenters. The predicted octanol–water partition coefficient (Wildman–Crippen LogP) is 2.80. The van der Waals surface area contributed by atoms with Crippen molar-refractivity contribution in [3.8, 4) is 0 Å². The smallest absolute Gasteiger partial charge is 0.328 e. The van der Waals surface area contributed by atoms with Gasteiger partial charge in [0.05, 0.1) is 17.8 Å². The van der Waals surface area contributed by atoms with Gasteiger partial charge in [0.25, 0.3) is 0 Å². The van der Waals surface area contributed by atoms with E-state index in [4.69, 9.17) is 16.3 Å². The summed E-state index contributed by atoms with van der Waals surface area (Å²) in [6, 6.07) is 4.30. The Morgan fingerprint density at radius 1 is 1.26 bits per heavy atom. The third-order valence-corrected chi connectivity index (χ3v) is 5.31. The highest BCUT2D eigenvalue weighted by atomic mass is 35.5. The molecule has 1 aliphatic heterocycles. The lowest BCUT2D eigenvalue weighted by molar-refractivity contribution is -0.144. The van der Waals surface area contributed by atoms with Gasteiger partial charge in [-0.3, -0.25) is 0 Å². The lowest BCUT2D eigenvalue weighted by atomic mass is 9.99. The summed E-state index contributed by atoms with van der Waals surface area (Å²) >= 11 is 6.43. The maximum absolute atomic E-state index is 12.3. The number of hydrogen-bond donors (Lipinski definition) is 2. The van der Waals surface area contributed by atoms with Gasteiger partial charge in [-0.2, -0.15) is 0 Å². The number of piperazine rings is 1. The summed E-state index contributed by atoms with van der Waals surface area (Å²) in [7, 11) is 3.42. The van der Waals surface area contributed by atoms with Gasteiger partial charge in [-0.05, 0) is 31.2 Å². The van der Waals surface area contributed by atoms with Crippen LogP contribution < -0.4 is 15.5 Å². The summed E-state index contributed by atoms with van der Waals surface area (Å²) in [5.74, 6) is -0.491. The van der Waals surface area contributed by atoms with E-state index in [9.17, 15) is 9.59 Å². The van der Waals surface area contributed by atoms with Gasteiger partial charge >= 0.3 is 12.0 Å². The van der Waals surface area contributed by atoms with Crippen molar-refractivity contribution in [2.75, 3.05) is 50.6 Å². The number of halogens is 1. The lowest BCUT2D eigenvalue weighted by Gasteiger charge is -2.34. The van der Waals surface area contributed by atoms with Crippen LogP contribution in [0.5, 0.6) is 0 Å². The molecule has 1 aromatic carbocycles. The van der Waals surface area contributed by atoms with Gasteiger partial charge < -0.3 is 25.2 Å². The van der Waals surface area contributed by atoms with Crippen LogP contribution in [0, 0.1) is 5.92 Å². The van der Waals surface area contributed by atoms with Crippen molar-refractivity contribution < 1.29 is 14.3 Å². The number of methoxy groups -OCH3 is 1. The van der Waals surface area contributed by atoms with Crippen molar-refractivity contribution in [1.82, 2.24) is 10.2 Å². The Bertz CT molecular complexity index is 662. The highest BCUT2D eigenvalue weighted by Gasteiger charge is 2.26. The van der Waals surface area contributed by atoms with Gasteiger partial charge in [0, 0.05) is 31.9 Å². The molecular formula is C19H29ClN4O3. The summed E-state index contributed by atoms with van der Waals surface area (Å²) in [6.45, 7) is 7.66. The van der Waals surface area contributed by atoms with Crippen LogP contribution >= 0.6 is 11.6 Å². The van der Waals surface area contributed by atoms with Gasteiger partial charge in [0.2, 0.25) is 0 Å². The number of esters is 1. The fraction of sp³-hybridized carbons (Fsp3) is 0.579. The standard InChI is InChI=1S/C19H29ClN4O3/c1-5-13(2)17(18(25)27-4)22-19(26)21-14-6-7-16(15(20)12-14)24-10-8-23(3)9-11-24/h6-7,12-13,17H,5,8-11H2,1-4H3,(H2,21,22,26). The molecule has 1 heterocycles. The van der Waals surface area contributed by atoms with Gasteiger partial charge in [0.15, 0.2) is 0 Å². The molecule has 1 aliphatic rings. The minimum Gasteiger partial charge on any atom is -0.467 e. The minimum absolute atomic E-state index is 0.0357. The number of amides is 2. The normalized spacial score (nSPS) is 17.1. The van der Waals surface area contributed by atoms with Crippen molar-refractivity contribution in [1.29, 1.82) is 0 Å². The lowest BCUT2D eigenvalue weighted by Crippen LogP contribution is -2.47. The summed E-state index contributed by atoms with van der Waals surface area (Å²) in [4.78, 5) is 28.7. The molecule has 150 valence electrons. The third kappa shape index (κ3) is 5.74. The number of carbonyl (C=O) groups excluding carboxylic acids is 2. The molecular weight excluding hydrogens is 368 g/mol. The van der Waals surface area contributed by atoms with Crippen molar-refractivity contribution in [3.63, 3.8) is 0 Å². The molecule has 2 N–H and O–H groups in total. The Kier molecular flexibility index (Phi) is 7.74. The number of hydrogen-bond acceptors (Lipinski definition) is 5. The molecule has 7 nitrogen and oxygen atoms in total. The number of carbonyl (C=O) groups is 2. The molecule has 1 aromatic rings. The summed E-state index contributed by atoms with van der Waals surface area (Å²) in [6.07, 6.45) is 0.742. The van der Waals surface area contributed by atoms with Gasteiger partial charge in [-0.15, -0.1) is 0 Å². The number of urea groups is 1. The second-order valence-corrected chi connectivity index (χ2v) is 7.35. The van der Waals surface area contributed by atoms with Crippen molar-refractivity contribution in [2.24, 2.45) is 5.92 Å². The molecule has 2 amide bonds. The molecule has 8 heteroatoms. The first-order valence-corrected chi connectivity index (χ1v) is 9.61. The van der Waals surface area contributed by atoms with E-state index in [-0.39, 0.29) is 5.92 Å². The molecule has 0 saturated carbocycles. The Labute approximate surface area is 166 Å². The summed E-state index contributed by atoms with van der Waals surface area (Å²) in [5.41, 5.74) is 1.53. The van der Waals surface area contributed by atoms with E-state index >= 15 is 0 Å². The average molecular weight is 397 g/mol. The number of likely N-dealkylation sites (N-methyl/N-ethyl adjacent to an activating group) is 1. The summed E-state index contributed by atoms with van der Waals surface area (Å²) < 4.78 is 4.78. The number of rotatable bonds is 6.